The summed E-state index contributed by atoms with van der Waals surface area (Å²) in [5.41, 5.74) is 0.614. The molecule has 0 fully saturated rings. The van der Waals surface area contributed by atoms with E-state index in [-0.39, 0.29) is 11.4 Å². The molecule has 0 saturated heterocycles. The normalized spacial score (nSPS) is 10.0. The first-order valence-electron chi connectivity index (χ1n) is 3.88. The number of carbonyl (C=O) groups is 1. The summed E-state index contributed by atoms with van der Waals surface area (Å²) in [4.78, 5) is 14.6. The van der Waals surface area contributed by atoms with E-state index in [0.717, 1.165) is 6.39 Å². The van der Waals surface area contributed by atoms with Crippen molar-refractivity contribution in [1.29, 1.82) is 0 Å². The van der Waals surface area contributed by atoms with Crippen LogP contribution in [0.2, 0.25) is 0 Å². The van der Waals surface area contributed by atoms with Gasteiger partial charge < -0.3 is 9.63 Å². The van der Waals surface area contributed by atoms with Crippen LogP contribution in [-0.2, 0) is 0 Å². The number of rotatable bonds is 2. The molecule has 0 spiro atoms. The minimum absolute atomic E-state index is 0.161. The molecule has 0 saturated carbocycles. The fraction of sp³-hybridized carbons (Fsp3) is 0. The lowest BCUT2D eigenvalue weighted by Gasteiger charge is -1.99. The third-order valence-corrected chi connectivity index (χ3v) is 1.76. The Balaban J connectivity index is 2.58. The zero-order valence-corrected chi connectivity index (χ0v) is 7.04. The number of hydrogen-bond acceptors (Lipinski definition) is 4. The van der Waals surface area contributed by atoms with Gasteiger partial charge in [-0.3, -0.25) is 0 Å². The summed E-state index contributed by atoms with van der Waals surface area (Å²) in [6, 6.07) is 6.49. The lowest BCUT2D eigenvalue weighted by molar-refractivity contribution is 0.0697. The molecule has 5 nitrogen and oxygen atoms in total. The van der Waals surface area contributed by atoms with E-state index in [9.17, 15) is 4.79 Å². The predicted molar refractivity (Wildman–Crippen MR) is 46.7 cm³/mol. The molecular weight excluding hydrogens is 184 g/mol. The van der Waals surface area contributed by atoms with E-state index in [1.807, 2.05) is 0 Å². The fourth-order valence-corrected chi connectivity index (χ4v) is 1.15. The van der Waals surface area contributed by atoms with Gasteiger partial charge in [-0.25, -0.2) is 4.79 Å². The molecule has 0 unspecified atom stereocenters. The zero-order valence-electron chi connectivity index (χ0n) is 7.04. The van der Waals surface area contributed by atoms with E-state index in [0.29, 0.717) is 5.56 Å². The van der Waals surface area contributed by atoms with Crippen LogP contribution in [0.25, 0.3) is 11.4 Å². The first-order valence-corrected chi connectivity index (χ1v) is 3.88. The number of nitrogens with zero attached hydrogens (tertiary/aromatic N) is 2. The molecule has 0 aliphatic carbocycles. The maximum absolute atomic E-state index is 10.8. The van der Waals surface area contributed by atoms with Gasteiger partial charge in [-0.15, -0.1) is 0 Å². The highest BCUT2D eigenvalue weighted by Crippen LogP contribution is 2.19. The van der Waals surface area contributed by atoms with E-state index in [2.05, 4.69) is 14.7 Å². The van der Waals surface area contributed by atoms with Crippen LogP contribution in [0.5, 0.6) is 0 Å². The summed E-state index contributed by atoms with van der Waals surface area (Å²) in [5, 5.41) is 12.5. The van der Waals surface area contributed by atoms with E-state index < -0.39 is 5.97 Å². The third-order valence-electron chi connectivity index (χ3n) is 1.76. The van der Waals surface area contributed by atoms with Crippen molar-refractivity contribution in [2.75, 3.05) is 0 Å². The van der Waals surface area contributed by atoms with Gasteiger partial charge in [-0.2, -0.15) is 4.98 Å². The molecule has 14 heavy (non-hydrogen) atoms. The SMILES string of the molecule is O=C(O)c1ccccc1-c1ncon1. The quantitative estimate of drug-likeness (QED) is 0.775. The van der Waals surface area contributed by atoms with Crippen LogP contribution in [0.1, 0.15) is 10.4 Å². The second-order valence-corrected chi connectivity index (χ2v) is 2.61. The van der Waals surface area contributed by atoms with E-state index >= 15 is 0 Å². The standard InChI is InChI=1S/C9H6N2O3/c12-9(13)7-4-2-1-3-6(7)8-10-5-14-11-8/h1-5H,(H,12,13). The van der Waals surface area contributed by atoms with Gasteiger partial charge in [0, 0.05) is 5.56 Å². The highest BCUT2D eigenvalue weighted by Gasteiger charge is 2.13. The predicted octanol–water partition coefficient (Wildman–Crippen LogP) is 1.43. The summed E-state index contributed by atoms with van der Waals surface area (Å²) < 4.78 is 4.55. The van der Waals surface area contributed by atoms with Crippen molar-refractivity contribution in [2.45, 2.75) is 0 Å². The molecule has 1 aromatic carbocycles. The molecule has 0 amide bonds. The molecule has 0 aliphatic rings. The number of aromatic nitrogens is 2. The minimum atomic E-state index is -1.01. The van der Waals surface area contributed by atoms with Crippen molar-refractivity contribution < 1.29 is 14.4 Å². The van der Waals surface area contributed by atoms with Gasteiger partial charge in [0.2, 0.25) is 12.2 Å². The van der Waals surface area contributed by atoms with Crippen molar-refractivity contribution in [1.82, 2.24) is 10.1 Å². The summed E-state index contributed by atoms with van der Waals surface area (Å²) in [5.74, 6) is -0.728. The Labute approximate surface area is 79.0 Å². The molecule has 0 bridgehead atoms. The Morgan fingerprint density at radius 1 is 1.36 bits per heavy atom. The molecule has 5 heteroatoms. The van der Waals surface area contributed by atoms with Crippen LogP contribution < -0.4 is 0 Å². The van der Waals surface area contributed by atoms with Gasteiger partial charge in [0.15, 0.2) is 0 Å². The average Bonchev–Trinajstić information content (AvgIpc) is 2.70. The lowest BCUT2D eigenvalue weighted by atomic mass is 10.1. The maximum Gasteiger partial charge on any atom is 0.336 e. The van der Waals surface area contributed by atoms with Crippen LogP contribution in [-0.4, -0.2) is 21.2 Å². The molecule has 0 atom stereocenters. The van der Waals surface area contributed by atoms with Crippen molar-refractivity contribution in [3.05, 3.63) is 36.2 Å². The number of hydrogen-bond donors (Lipinski definition) is 1. The van der Waals surface area contributed by atoms with E-state index in [1.165, 1.54) is 6.07 Å². The number of aromatic carboxylic acids is 1. The molecule has 0 radical (unpaired) electrons. The Hall–Kier alpha value is -2.17. The summed E-state index contributed by atoms with van der Waals surface area (Å²) >= 11 is 0. The Kier molecular flexibility index (Phi) is 1.98. The van der Waals surface area contributed by atoms with Crippen molar-refractivity contribution in [3.8, 4) is 11.4 Å². The Morgan fingerprint density at radius 2 is 2.14 bits per heavy atom. The minimum Gasteiger partial charge on any atom is -0.478 e. The first-order chi connectivity index (χ1) is 6.79. The third kappa shape index (κ3) is 1.35. The zero-order chi connectivity index (χ0) is 9.97. The highest BCUT2D eigenvalue weighted by molar-refractivity contribution is 5.94. The Bertz CT molecular complexity index is 451. The smallest absolute Gasteiger partial charge is 0.336 e. The number of carboxylic acids is 1. The lowest BCUT2D eigenvalue weighted by Crippen LogP contribution is -1.99. The van der Waals surface area contributed by atoms with Crippen LogP contribution in [0.3, 0.4) is 0 Å². The van der Waals surface area contributed by atoms with Gasteiger partial charge in [0.1, 0.15) is 0 Å². The molecule has 2 aromatic rings. The second-order valence-electron chi connectivity index (χ2n) is 2.61. The topological polar surface area (TPSA) is 76.2 Å². The maximum atomic E-state index is 10.8. The van der Waals surface area contributed by atoms with Crippen LogP contribution in [0.4, 0.5) is 0 Å². The molecule has 1 N–H and O–H groups in total. The van der Waals surface area contributed by atoms with E-state index in [4.69, 9.17) is 5.11 Å². The fourth-order valence-electron chi connectivity index (χ4n) is 1.15. The molecule has 1 aromatic heterocycles. The second kappa shape index (κ2) is 3.29. The van der Waals surface area contributed by atoms with Gasteiger partial charge in [0.25, 0.3) is 0 Å². The molecule has 70 valence electrons. The van der Waals surface area contributed by atoms with Crippen molar-refractivity contribution >= 4 is 5.97 Å². The van der Waals surface area contributed by atoms with E-state index in [1.54, 1.807) is 18.2 Å². The number of benzene rings is 1. The largest absolute Gasteiger partial charge is 0.478 e. The summed E-state index contributed by atoms with van der Waals surface area (Å²) in [6.07, 6.45) is 1.16. The molecule has 2 rings (SSSR count). The van der Waals surface area contributed by atoms with Crippen molar-refractivity contribution in [3.63, 3.8) is 0 Å². The van der Waals surface area contributed by atoms with Crippen LogP contribution in [0, 0.1) is 0 Å². The first kappa shape index (κ1) is 8.43. The van der Waals surface area contributed by atoms with Crippen LogP contribution in [0.15, 0.2) is 35.2 Å². The van der Waals surface area contributed by atoms with Crippen LogP contribution >= 0.6 is 0 Å². The summed E-state index contributed by atoms with van der Waals surface area (Å²) in [7, 11) is 0. The summed E-state index contributed by atoms with van der Waals surface area (Å²) in [6.45, 7) is 0. The van der Waals surface area contributed by atoms with Gasteiger partial charge >= 0.3 is 5.97 Å². The Morgan fingerprint density at radius 3 is 2.79 bits per heavy atom. The number of carboxylic acid groups (broad SMARTS) is 1. The molecule has 1 heterocycles. The monoisotopic (exact) mass is 190 g/mol. The van der Waals surface area contributed by atoms with Gasteiger partial charge in [-0.1, -0.05) is 23.4 Å². The van der Waals surface area contributed by atoms with Gasteiger partial charge in [-0.05, 0) is 6.07 Å². The molecule has 0 aliphatic heterocycles. The van der Waals surface area contributed by atoms with Gasteiger partial charge in [0.05, 0.1) is 5.56 Å². The highest BCUT2D eigenvalue weighted by atomic mass is 16.5. The molecular formula is C9H6N2O3. The average molecular weight is 190 g/mol. The van der Waals surface area contributed by atoms with Crippen molar-refractivity contribution in [2.24, 2.45) is 0 Å².